The van der Waals surface area contributed by atoms with Gasteiger partial charge in [0.05, 0.1) is 11.4 Å². The summed E-state index contributed by atoms with van der Waals surface area (Å²) >= 11 is 0. The van der Waals surface area contributed by atoms with Crippen LogP contribution in [0.4, 0.5) is 0 Å². The normalized spacial score (nSPS) is 12.4. The lowest BCUT2D eigenvalue weighted by molar-refractivity contribution is 0.282. The first kappa shape index (κ1) is 20.2. The maximum Gasteiger partial charge on any atom is 0.368 e. The molecule has 10 heteroatoms. The summed E-state index contributed by atoms with van der Waals surface area (Å²) in [6.07, 6.45) is 2.43. The number of nitrogens with zero attached hydrogens (tertiary/aromatic N) is 8. The summed E-state index contributed by atoms with van der Waals surface area (Å²) in [5, 5.41) is 20.5. The van der Waals surface area contributed by atoms with Crippen LogP contribution >= 0.6 is 0 Å². The van der Waals surface area contributed by atoms with Crippen molar-refractivity contribution in [3.05, 3.63) is 57.8 Å². The van der Waals surface area contributed by atoms with Gasteiger partial charge in [0.15, 0.2) is 0 Å². The molecule has 152 valence electrons. The number of ether oxygens (including phenoxy) is 1. The third-order valence-corrected chi connectivity index (χ3v) is 4.42. The number of aryl methyl sites for hydroxylation is 3. The van der Waals surface area contributed by atoms with E-state index < -0.39 is 0 Å². The standard InChI is InChI=1S/C19H24N8O2/c1-6-18(21-20-14(3)16-10-11-25(4)22-16)29-12-15-13(2)8-7-9-17(15)27-19(28)26(5)23-24-27/h7-11H,6,12H2,1-5H3/b20-14?,21-18-. The van der Waals surface area contributed by atoms with Gasteiger partial charge < -0.3 is 4.74 Å². The van der Waals surface area contributed by atoms with Crippen LogP contribution in [0.1, 0.15) is 37.1 Å². The molecular weight excluding hydrogens is 372 g/mol. The van der Waals surface area contributed by atoms with E-state index in [-0.39, 0.29) is 12.3 Å². The van der Waals surface area contributed by atoms with Crippen LogP contribution in [0.3, 0.4) is 0 Å². The first-order valence-corrected chi connectivity index (χ1v) is 9.22. The van der Waals surface area contributed by atoms with Gasteiger partial charge >= 0.3 is 5.69 Å². The van der Waals surface area contributed by atoms with Crippen molar-refractivity contribution >= 4 is 11.6 Å². The molecule has 0 aliphatic carbocycles. The van der Waals surface area contributed by atoms with Crippen molar-refractivity contribution in [2.24, 2.45) is 24.3 Å². The molecule has 10 nitrogen and oxygen atoms in total. The molecule has 0 N–H and O–H groups in total. The monoisotopic (exact) mass is 396 g/mol. The first-order chi connectivity index (χ1) is 13.9. The predicted molar refractivity (Wildman–Crippen MR) is 109 cm³/mol. The van der Waals surface area contributed by atoms with Crippen molar-refractivity contribution in [1.82, 2.24) is 29.6 Å². The van der Waals surface area contributed by atoms with Crippen LogP contribution in [-0.2, 0) is 25.4 Å². The molecular formula is C19H24N8O2. The largest absolute Gasteiger partial charge is 0.475 e. The fourth-order valence-electron chi connectivity index (χ4n) is 2.68. The molecule has 1 aromatic carbocycles. The number of tetrazole rings is 1. The molecule has 0 atom stereocenters. The number of hydrogen-bond donors (Lipinski definition) is 0. The number of aromatic nitrogens is 6. The number of rotatable bonds is 6. The van der Waals surface area contributed by atoms with Gasteiger partial charge in [0, 0.05) is 32.3 Å². The third kappa shape index (κ3) is 4.48. The fraction of sp³-hybridized carbons (Fsp3) is 0.368. The molecule has 3 rings (SSSR count). The predicted octanol–water partition coefficient (Wildman–Crippen LogP) is 1.76. The molecule has 0 aliphatic heterocycles. The summed E-state index contributed by atoms with van der Waals surface area (Å²) in [4.78, 5) is 12.3. The van der Waals surface area contributed by atoms with Gasteiger partial charge in [0.2, 0.25) is 5.90 Å². The van der Waals surface area contributed by atoms with Gasteiger partial charge in [0.1, 0.15) is 12.3 Å². The fourth-order valence-corrected chi connectivity index (χ4v) is 2.68. The number of benzene rings is 1. The number of hydrogen-bond acceptors (Lipinski definition) is 7. The van der Waals surface area contributed by atoms with Gasteiger partial charge in [-0.05, 0) is 42.0 Å². The van der Waals surface area contributed by atoms with Gasteiger partial charge in [-0.1, -0.05) is 19.1 Å². The summed E-state index contributed by atoms with van der Waals surface area (Å²) in [5.74, 6) is 0.487. The zero-order valence-corrected chi connectivity index (χ0v) is 17.2. The summed E-state index contributed by atoms with van der Waals surface area (Å²) in [6, 6.07) is 7.51. The van der Waals surface area contributed by atoms with E-state index in [4.69, 9.17) is 4.74 Å². The molecule has 2 heterocycles. The Balaban J connectivity index is 1.83. The lowest BCUT2D eigenvalue weighted by atomic mass is 10.1. The van der Waals surface area contributed by atoms with Crippen LogP contribution in [0.15, 0.2) is 45.5 Å². The Bertz CT molecular complexity index is 1120. The lowest BCUT2D eigenvalue weighted by Crippen LogP contribution is -2.23. The summed E-state index contributed by atoms with van der Waals surface area (Å²) in [5.41, 5.74) is 3.58. The summed E-state index contributed by atoms with van der Waals surface area (Å²) in [6.45, 7) is 5.97. The van der Waals surface area contributed by atoms with Crippen LogP contribution in [0.25, 0.3) is 5.69 Å². The maximum atomic E-state index is 12.3. The topological polar surface area (TPSA) is 104 Å². The van der Waals surface area contributed by atoms with Crippen molar-refractivity contribution in [3.63, 3.8) is 0 Å². The molecule has 0 saturated heterocycles. The molecule has 0 aliphatic rings. The third-order valence-electron chi connectivity index (χ3n) is 4.42. The van der Waals surface area contributed by atoms with Gasteiger partial charge in [-0.25, -0.2) is 4.79 Å². The Hall–Kier alpha value is -3.56. The highest BCUT2D eigenvalue weighted by atomic mass is 16.5. The van der Waals surface area contributed by atoms with Crippen molar-refractivity contribution in [2.45, 2.75) is 33.8 Å². The van der Waals surface area contributed by atoms with E-state index in [1.165, 1.54) is 9.36 Å². The van der Waals surface area contributed by atoms with Gasteiger partial charge in [-0.2, -0.15) is 19.6 Å². The smallest absolute Gasteiger partial charge is 0.368 e. The van der Waals surface area contributed by atoms with Crippen molar-refractivity contribution < 1.29 is 4.74 Å². The Kier molecular flexibility index (Phi) is 6.01. The summed E-state index contributed by atoms with van der Waals surface area (Å²) < 4.78 is 10.1. The molecule has 0 spiro atoms. The van der Waals surface area contributed by atoms with Crippen molar-refractivity contribution in [3.8, 4) is 5.69 Å². The second kappa shape index (κ2) is 8.63. The Morgan fingerprint density at radius 2 is 1.97 bits per heavy atom. The SMILES string of the molecule is CC/C(=N/N=C(C)c1ccn(C)n1)OCc1c(C)cccc1-n1nnn(C)c1=O. The molecule has 0 fully saturated rings. The minimum atomic E-state index is -0.322. The zero-order valence-electron chi connectivity index (χ0n) is 17.2. The lowest BCUT2D eigenvalue weighted by Gasteiger charge is -2.13. The highest BCUT2D eigenvalue weighted by Gasteiger charge is 2.14. The minimum Gasteiger partial charge on any atom is -0.475 e. The molecule has 29 heavy (non-hydrogen) atoms. The van der Waals surface area contributed by atoms with Crippen LogP contribution in [0, 0.1) is 6.92 Å². The average molecular weight is 396 g/mol. The average Bonchev–Trinajstić information content (AvgIpc) is 3.28. The van der Waals surface area contributed by atoms with E-state index >= 15 is 0 Å². The second-order valence-electron chi connectivity index (χ2n) is 6.57. The highest BCUT2D eigenvalue weighted by molar-refractivity contribution is 5.97. The van der Waals surface area contributed by atoms with Gasteiger partial charge in [0.25, 0.3) is 0 Å². The van der Waals surface area contributed by atoms with Crippen molar-refractivity contribution in [1.29, 1.82) is 0 Å². The highest BCUT2D eigenvalue weighted by Crippen LogP contribution is 2.18. The van der Waals surface area contributed by atoms with Crippen LogP contribution in [-0.4, -0.2) is 41.2 Å². The molecule has 0 bridgehead atoms. The molecule has 3 aromatic rings. The zero-order chi connectivity index (χ0) is 21.0. The summed E-state index contributed by atoms with van der Waals surface area (Å²) in [7, 11) is 3.41. The Morgan fingerprint density at radius 3 is 2.59 bits per heavy atom. The van der Waals surface area contributed by atoms with Gasteiger partial charge in [-0.3, -0.25) is 4.68 Å². The van der Waals surface area contributed by atoms with E-state index in [2.05, 4.69) is 25.7 Å². The van der Waals surface area contributed by atoms with Crippen molar-refractivity contribution in [2.75, 3.05) is 0 Å². The molecule has 0 amide bonds. The van der Waals surface area contributed by atoms with E-state index in [1.807, 2.05) is 58.3 Å². The van der Waals surface area contributed by atoms with Gasteiger partial charge in [-0.15, -0.1) is 5.10 Å². The van der Waals surface area contributed by atoms with Crippen LogP contribution in [0.5, 0.6) is 0 Å². The Labute approximate surface area is 168 Å². The second-order valence-corrected chi connectivity index (χ2v) is 6.57. The Morgan fingerprint density at radius 1 is 1.17 bits per heavy atom. The maximum absolute atomic E-state index is 12.3. The van der Waals surface area contributed by atoms with E-state index in [9.17, 15) is 4.79 Å². The minimum absolute atomic E-state index is 0.232. The molecule has 0 saturated carbocycles. The van der Waals surface area contributed by atoms with E-state index in [0.717, 1.165) is 16.8 Å². The van der Waals surface area contributed by atoms with Crippen LogP contribution < -0.4 is 5.69 Å². The first-order valence-electron chi connectivity index (χ1n) is 9.22. The van der Waals surface area contributed by atoms with E-state index in [1.54, 1.807) is 11.7 Å². The van der Waals surface area contributed by atoms with Crippen LogP contribution in [0.2, 0.25) is 0 Å². The molecule has 2 aromatic heterocycles. The van der Waals surface area contributed by atoms with E-state index in [0.29, 0.717) is 23.7 Å². The molecule has 0 unspecified atom stereocenters. The quantitative estimate of drug-likeness (QED) is 0.359. The molecule has 0 radical (unpaired) electrons.